The molecule has 0 aliphatic rings. The molecule has 5 heteroatoms. The summed E-state index contributed by atoms with van der Waals surface area (Å²) in [5, 5.41) is 9.71. The molecular weight excluding hydrogens is 383 g/mol. The number of rotatable bonds is 11. The first-order valence-electron chi connectivity index (χ1n) is 10.4. The summed E-state index contributed by atoms with van der Waals surface area (Å²) in [5.41, 5.74) is 1.49. The molecule has 29 heavy (non-hydrogen) atoms. The van der Waals surface area contributed by atoms with E-state index in [0.717, 1.165) is 35.5 Å². The van der Waals surface area contributed by atoms with E-state index in [-0.39, 0.29) is 6.61 Å². The molecule has 0 aromatic heterocycles. The molecule has 2 aromatic rings. The van der Waals surface area contributed by atoms with Gasteiger partial charge in [-0.3, -0.25) is 4.52 Å². The van der Waals surface area contributed by atoms with Crippen LogP contribution in [0.4, 0.5) is 0 Å². The van der Waals surface area contributed by atoms with Crippen molar-refractivity contribution in [3.05, 3.63) is 59.7 Å². The van der Waals surface area contributed by atoms with E-state index in [0.29, 0.717) is 11.8 Å². The van der Waals surface area contributed by atoms with Gasteiger partial charge in [0.25, 0.3) is 0 Å². The smallest absolute Gasteiger partial charge is 0.417 e. The quantitative estimate of drug-likeness (QED) is 0.392. The van der Waals surface area contributed by atoms with Crippen LogP contribution >= 0.6 is 8.60 Å². The molecule has 2 unspecified atom stereocenters. The maximum Gasteiger partial charge on any atom is 0.463 e. The summed E-state index contributed by atoms with van der Waals surface area (Å²) in [6, 6.07) is 16.0. The molecule has 0 bridgehead atoms. The van der Waals surface area contributed by atoms with Crippen LogP contribution in [-0.2, 0) is 4.52 Å². The molecule has 2 rings (SSSR count). The van der Waals surface area contributed by atoms with E-state index in [9.17, 15) is 5.11 Å². The lowest BCUT2D eigenvalue weighted by Crippen LogP contribution is -2.28. The molecule has 0 spiro atoms. The lowest BCUT2D eigenvalue weighted by atomic mass is 9.98. The second-order valence-electron chi connectivity index (χ2n) is 8.11. The zero-order chi connectivity index (χ0) is 21.4. The molecule has 0 saturated heterocycles. The fourth-order valence-electron chi connectivity index (χ4n) is 2.83. The van der Waals surface area contributed by atoms with Crippen LogP contribution in [0.5, 0.6) is 11.5 Å². The first-order chi connectivity index (χ1) is 13.8. The predicted octanol–water partition coefficient (Wildman–Crippen LogP) is 7.19. The van der Waals surface area contributed by atoms with Crippen molar-refractivity contribution < 1.29 is 18.7 Å². The zero-order valence-electron chi connectivity index (χ0n) is 18.5. The summed E-state index contributed by atoms with van der Waals surface area (Å²) >= 11 is 0. The van der Waals surface area contributed by atoms with Gasteiger partial charge in [0.15, 0.2) is 0 Å². The molecule has 4 nitrogen and oxygen atoms in total. The monoisotopic (exact) mass is 418 g/mol. The molecule has 0 saturated carbocycles. The highest BCUT2D eigenvalue weighted by atomic mass is 31.2. The van der Waals surface area contributed by atoms with Crippen LogP contribution in [-0.4, -0.2) is 17.3 Å². The Hall–Kier alpha value is -1.61. The zero-order valence-corrected chi connectivity index (χ0v) is 19.4. The molecular formula is C24H35O4P. The molecule has 0 aliphatic carbocycles. The summed E-state index contributed by atoms with van der Waals surface area (Å²) in [6.45, 7) is 12.2. The number of hydrogen-bond acceptors (Lipinski definition) is 4. The topological polar surface area (TPSA) is 47.9 Å². The Bertz CT molecular complexity index is 707. The Morgan fingerprint density at radius 1 is 0.828 bits per heavy atom. The molecule has 2 atom stereocenters. The fraction of sp³-hybridized carbons (Fsp3) is 0.500. The van der Waals surface area contributed by atoms with Gasteiger partial charge >= 0.3 is 8.60 Å². The van der Waals surface area contributed by atoms with Gasteiger partial charge in [0.05, 0.1) is 12.2 Å². The van der Waals surface area contributed by atoms with Gasteiger partial charge < -0.3 is 14.2 Å². The van der Waals surface area contributed by atoms with Crippen molar-refractivity contribution in [2.75, 3.05) is 6.61 Å². The van der Waals surface area contributed by atoms with Crippen molar-refractivity contribution in [2.24, 2.45) is 0 Å². The highest BCUT2D eigenvalue weighted by Crippen LogP contribution is 2.48. The van der Waals surface area contributed by atoms with Crippen molar-refractivity contribution >= 4 is 8.60 Å². The first kappa shape index (κ1) is 23.7. The van der Waals surface area contributed by atoms with Gasteiger partial charge in [-0.2, -0.15) is 0 Å². The van der Waals surface area contributed by atoms with E-state index in [4.69, 9.17) is 13.6 Å². The van der Waals surface area contributed by atoms with Gasteiger partial charge in [-0.25, -0.2) is 0 Å². The van der Waals surface area contributed by atoms with Crippen molar-refractivity contribution in [1.29, 1.82) is 0 Å². The lowest BCUT2D eigenvalue weighted by molar-refractivity contribution is 0.0337. The van der Waals surface area contributed by atoms with E-state index in [1.54, 1.807) is 0 Å². The van der Waals surface area contributed by atoms with Gasteiger partial charge in [-0.1, -0.05) is 64.1 Å². The molecule has 2 aromatic carbocycles. The molecule has 0 heterocycles. The van der Waals surface area contributed by atoms with Crippen LogP contribution < -0.4 is 9.05 Å². The average molecular weight is 419 g/mol. The number of benzene rings is 2. The third-order valence-corrected chi connectivity index (χ3v) is 6.51. The Balaban J connectivity index is 2.35. The third-order valence-electron chi connectivity index (χ3n) is 5.17. The summed E-state index contributed by atoms with van der Waals surface area (Å²) in [7, 11) is -1.76. The Labute approximate surface area is 177 Å². The molecule has 160 valence electrons. The van der Waals surface area contributed by atoms with Crippen molar-refractivity contribution in [1.82, 2.24) is 0 Å². The number of aliphatic hydroxyl groups is 1. The van der Waals surface area contributed by atoms with Crippen LogP contribution in [0.15, 0.2) is 48.5 Å². The van der Waals surface area contributed by atoms with Crippen molar-refractivity contribution in [2.45, 2.75) is 71.8 Å². The minimum Gasteiger partial charge on any atom is -0.417 e. The summed E-state index contributed by atoms with van der Waals surface area (Å²) in [4.78, 5) is 0. The second-order valence-corrected chi connectivity index (χ2v) is 9.10. The van der Waals surface area contributed by atoms with Crippen LogP contribution in [0.3, 0.4) is 0 Å². The van der Waals surface area contributed by atoms with Gasteiger partial charge in [-0.15, -0.1) is 0 Å². The van der Waals surface area contributed by atoms with E-state index >= 15 is 0 Å². The van der Waals surface area contributed by atoms with Gasteiger partial charge in [0, 0.05) is 0 Å². The summed E-state index contributed by atoms with van der Waals surface area (Å²) < 4.78 is 18.7. The Kier molecular flexibility index (Phi) is 8.95. The lowest BCUT2D eigenvalue weighted by Gasteiger charge is -2.28. The highest BCUT2D eigenvalue weighted by Gasteiger charge is 2.30. The number of aliphatic hydroxyl groups excluding tert-OH is 1. The molecule has 1 N–H and O–H groups in total. The third kappa shape index (κ3) is 6.70. The van der Waals surface area contributed by atoms with E-state index in [1.807, 2.05) is 50.2 Å². The maximum atomic E-state index is 9.71. The standard InChI is InChI=1S/C24H35O4P/c1-7-18(3)20-13-9-11-15-22(20)26-29(28-24(5,6)17-25)27-23-16-12-10-14-21(23)19(4)8-2/h9-16,18-19,25H,7-8,17H2,1-6H3. The predicted molar refractivity (Wildman–Crippen MR) is 121 cm³/mol. The van der Waals surface area contributed by atoms with E-state index in [2.05, 4.69) is 39.8 Å². The van der Waals surface area contributed by atoms with Crippen LogP contribution in [0.25, 0.3) is 0 Å². The van der Waals surface area contributed by atoms with Crippen LogP contribution in [0.1, 0.15) is 77.3 Å². The van der Waals surface area contributed by atoms with Crippen LogP contribution in [0.2, 0.25) is 0 Å². The van der Waals surface area contributed by atoms with E-state index in [1.165, 1.54) is 0 Å². The molecule has 0 aliphatic heterocycles. The van der Waals surface area contributed by atoms with Gasteiger partial charge in [0.2, 0.25) is 0 Å². The molecule has 0 amide bonds. The summed E-state index contributed by atoms with van der Waals surface area (Å²) in [5.74, 6) is 2.26. The maximum absolute atomic E-state index is 9.71. The summed E-state index contributed by atoms with van der Waals surface area (Å²) in [6.07, 6.45) is 2.03. The minimum absolute atomic E-state index is 0.126. The van der Waals surface area contributed by atoms with Crippen LogP contribution in [0, 0.1) is 0 Å². The number of hydrogen-bond donors (Lipinski definition) is 1. The van der Waals surface area contributed by atoms with Gasteiger partial charge in [0.1, 0.15) is 11.5 Å². The average Bonchev–Trinajstić information content (AvgIpc) is 2.73. The first-order valence-corrected chi connectivity index (χ1v) is 11.5. The minimum atomic E-state index is -1.76. The van der Waals surface area contributed by atoms with Crippen molar-refractivity contribution in [3.8, 4) is 11.5 Å². The van der Waals surface area contributed by atoms with E-state index < -0.39 is 14.2 Å². The van der Waals surface area contributed by atoms with Gasteiger partial charge in [-0.05, 0) is 61.8 Å². The SMILES string of the molecule is CCC(C)c1ccccc1OP(Oc1ccccc1C(C)CC)OC(C)(C)CO. The number of para-hydroxylation sites is 2. The largest absolute Gasteiger partial charge is 0.463 e. The molecule has 0 fully saturated rings. The second kappa shape index (κ2) is 11.0. The molecule has 0 radical (unpaired) electrons. The Morgan fingerprint density at radius 3 is 1.62 bits per heavy atom. The highest BCUT2D eigenvalue weighted by molar-refractivity contribution is 7.42. The Morgan fingerprint density at radius 2 is 1.24 bits per heavy atom. The normalized spacial score (nSPS) is 14.9. The van der Waals surface area contributed by atoms with Crippen molar-refractivity contribution in [3.63, 3.8) is 0 Å². The fourth-order valence-corrected chi connectivity index (χ4v) is 4.06.